The molecule has 1 unspecified atom stereocenters. The predicted molar refractivity (Wildman–Crippen MR) is 126 cm³/mol. The lowest BCUT2D eigenvalue weighted by Gasteiger charge is -2.22. The van der Waals surface area contributed by atoms with Crippen LogP contribution in [0.15, 0.2) is 50.3 Å². The molecule has 0 fully saturated rings. The Balaban J connectivity index is 0.00000320. The first-order valence-corrected chi connectivity index (χ1v) is 9.65. The molecule has 0 bridgehead atoms. The zero-order valence-corrected chi connectivity index (χ0v) is 20.1. The number of aromatic nitrogens is 2. The maximum atomic E-state index is 10.7. The summed E-state index contributed by atoms with van der Waals surface area (Å²) in [6.45, 7) is 6.52. The molecule has 3 N–H and O–H groups in total. The Morgan fingerprint density at radius 1 is 1.27 bits per heavy atom. The minimum Gasteiger partial charge on any atom is -0.463 e. The number of aliphatic hydroxyl groups is 1. The highest BCUT2D eigenvalue weighted by Gasteiger charge is 2.27. The second-order valence-corrected chi connectivity index (χ2v) is 7.19. The smallest absolute Gasteiger partial charge is 0.248 e. The molecule has 0 spiro atoms. The van der Waals surface area contributed by atoms with Gasteiger partial charge in [-0.3, -0.25) is 0 Å². The number of hydrogen-bond donors (Lipinski definition) is 3. The molecule has 162 valence electrons. The van der Waals surface area contributed by atoms with Gasteiger partial charge in [0, 0.05) is 17.1 Å². The van der Waals surface area contributed by atoms with Gasteiger partial charge in [-0.1, -0.05) is 28.9 Å². The molecule has 2 aromatic heterocycles. The quantitative estimate of drug-likeness (QED) is 0.235. The van der Waals surface area contributed by atoms with E-state index >= 15 is 0 Å². The minimum absolute atomic E-state index is 0. The monoisotopic (exact) mass is 545 g/mol. The van der Waals surface area contributed by atoms with E-state index in [-0.39, 0.29) is 37.1 Å². The van der Waals surface area contributed by atoms with Crippen molar-refractivity contribution in [2.24, 2.45) is 4.99 Å². The standard InChI is InChI=1S/C20H24ClN5O3.HI/c1-4-22-19(24-12-20(3,27)16-9-8-13(2)28-16)23-11-17-25-18(26-29-17)14-6-5-7-15(21)10-14;/h5-10,27H,4,11-12H2,1-3H3,(H2,22,23,24);1H. The van der Waals surface area contributed by atoms with Crippen LogP contribution in [0.1, 0.15) is 31.3 Å². The summed E-state index contributed by atoms with van der Waals surface area (Å²) >= 11 is 6.00. The van der Waals surface area contributed by atoms with Crippen LogP contribution in [0.5, 0.6) is 0 Å². The molecule has 8 nitrogen and oxygen atoms in total. The number of nitrogens with zero attached hydrogens (tertiary/aromatic N) is 3. The van der Waals surface area contributed by atoms with E-state index in [0.29, 0.717) is 35.0 Å². The highest BCUT2D eigenvalue weighted by molar-refractivity contribution is 14.0. The average molecular weight is 546 g/mol. The zero-order chi connectivity index (χ0) is 20.9. The van der Waals surface area contributed by atoms with Crippen molar-refractivity contribution in [3.63, 3.8) is 0 Å². The fraction of sp³-hybridized carbons (Fsp3) is 0.350. The average Bonchev–Trinajstić information content (AvgIpc) is 3.33. The van der Waals surface area contributed by atoms with Gasteiger partial charge in [-0.2, -0.15) is 4.98 Å². The maximum Gasteiger partial charge on any atom is 0.248 e. The number of halogens is 2. The lowest BCUT2D eigenvalue weighted by molar-refractivity contribution is 0.0378. The zero-order valence-electron chi connectivity index (χ0n) is 17.0. The van der Waals surface area contributed by atoms with Gasteiger partial charge in [0.2, 0.25) is 11.7 Å². The molecule has 3 aromatic rings. The lowest BCUT2D eigenvalue weighted by Crippen LogP contribution is -2.44. The molecule has 0 amide bonds. The SMILES string of the molecule is CCNC(=NCc1nc(-c2cccc(Cl)c2)no1)NCC(C)(O)c1ccc(C)o1.I. The summed E-state index contributed by atoms with van der Waals surface area (Å²) in [5.74, 6) is 2.56. The van der Waals surface area contributed by atoms with E-state index in [4.69, 9.17) is 20.5 Å². The fourth-order valence-electron chi connectivity index (χ4n) is 2.62. The van der Waals surface area contributed by atoms with Crippen LogP contribution in [-0.4, -0.2) is 34.3 Å². The molecule has 0 radical (unpaired) electrons. The van der Waals surface area contributed by atoms with Crippen molar-refractivity contribution in [3.05, 3.63) is 58.8 Å². The second-order valence-electron chi connectivity index (χ2n) is 6.75. The number of aliphatic imine (C=N–C) groups is 1. The Hall–Kier alpha value is -2.11. The van der Waals surface area contributed by atoms with Gasteiger partial charge in [0.05, 0.1) is 6.54 Å². The van der Waals surface area contributed by atoms with Gasteiger partial charge in [-0.05, 0) is 45.0 Å². The highest BCUT2D eigenvalue weighted by Crippen LogP contribution is 2.22. The Morgan fingerprint density at radius 3 is 2.73 bits per heavy atom. The van der Waals surface area contributed by atoms with Crippen molar-refractivity contribution in [2.45, 2.75) is 32.9 Å². The van der Waals surface area contributed by atoms with E-state index in [1.54, 1.807) is 25.1 Å². The van der Waals surface area contributed by atoms with Gasteiger partial charge >= 0.3 is 0 Å². The Labute approximate surface area is 197 Å². The van der Waals surface area contributed by atoms with Gasteiger partial charge in [-0.25, -0.2) is 4.99 Å². The summed E-state index contributed by atoms with van der Waals surface area (Å²) < 4.78 is 10.8. The highest BCUT2D eigenvalue weighted by atomic mass is 127. The van der Waals surface area contributed by atoms with Crippen LogP contribution in [0.3, 0.4) is 0 Å². The number of benzene rings is 1. The molecule has 30 heavy (non-hydrogen) atoms. The van der Waals surface area contributed by atoms with Crippen LogP contribution < -0.4 is 10.6 Å². The van der Waals surface area contributed by atoms with Crippen LogP contribution in [0.2, 0.25) is 5.02 Å². The van der Waals surface area contributed by atoms with Gasteiger partial charge in [0.1, 0.15) is 23.7 Å². The van der Waals surface area contributed by atoms with Crippen LogP contribution >= 0.6 is 35.6 Å². The Kier molecular flexibility index (Phi) is 8.68. The molecule has 1 atom stereocenters. The van der Waals surface area contributed by atoms with E-state index < -0.39 is 5.60 Å². The van der Waals surface area contributed by atoms with Crippen LogP contribution in [0, 0.1) is 6.92 Å². The van der Waals surface area contributed by atoms with Crippen molar-refractivity contribution in [1.82, 2.24) is 20.8 Å². The molecule has 0 aliphatic carbocycles. The molecule has 10 heteroatoms. The van der Waals surface area contributed by atoms with Crippen LogP contribution in [0.25, 0.3) is 11.4 Å². The third kappa shape index (κ3) is 6.44. The Bertz CT molecular complexity index is 986. The number of furan rings is 1. The number of guanidine groups is 1. The summed E-state index contributed by atoms with van der Waals surface area (Å²) in [7, 11) is 0. The van der Waals surface area contributed by atoms with Gasteiger partial charge < -0.3 is 24.7 Å². The molecule has 1 aromatic carbocycles. The second kappa shape index (κ2) is 10.8. The van der Waals surface area contributed by atoms with Crippen molar-refractivity contribution in [2.75, 3.05) is 13.1 Å². The topological polar surface area (TPSA) is 109 Å². The van der Waals surface area contributed by atoms with Crippen molar-refractivity contribution >= 4 is 41.5 Å². The molecule has 0 saturated carbocycles. The van der Waals surface area contributed by atoms with Crippen molar-refractivity contribution < 1.29 is 14.0 Å². The number of nitrogens with one attached hydrogen (secondary N) is 2. The molecule has 3 rings (SSSR count). The van der Waals surface area contributed by atoms with Gasteiger partial charge in [-0.15, -0.1) is 24.0 Å². The van der Waals surface area contributed by atoms with Crippen molar-refractivity contribution in [1.29, 1.82) is 0 Å². The largest absolute Gasteiger partial charge is 0.463 e. The van der Waals surface area contributed by atoms with Crippen LogP contribution in [0.4, 0.5) is 0 Å². The number of aryl methyl sites for hydroxylation is 1. The number of hydrogen-bond acceptors (Lipinski definition) is 6. The first kappa shape index (κ1) is 24.2. The lowest BCUT2D eigenvalue weighted by atomic mass is 10.0. The van der Waals surface area contributed by atoms with Crippen molar-refractivity contribution in [3.8, 4) is 11.4 Å². The molecular weight excluding hydrogens is 521 g/mol. The third-order valence-electron chi connectivity index (χ3n) is 4.14. The normalized spacial score (nSPS) is 13.4. The molecule has 0 aliphatic rings. The molecule has 2 heterocycles. The first-order chi connectivity index (χ1) is 13.9. The van der Waals surface area contributed by atoms with Gasteiger partial charge in [0.25, 0.3) is 0 Å². The molecule has 0 aliphatic heterocycles. The van der Waals surface area contributed by atoms with E-state index in [0.717, 1.165) is 11.3 Å². The van der Waals surface area contributed by atoms with Gasteiger partial charge in [0.15, 0.2) is 5.96 Å². The van der Waals surface area contributed by atoms with E-state index in [2.05, 4.69) is 25.8 Å². The summed E-state index contributed by atoms with van der Waals surface area (Å²) in [6, 6.07) is 10.8. The first-order valence-electron chi connectivity index (χ1n) is 9.27. The summed E-state index contributed by atoms with van der Waals surface area (Å²) in [5.41, 5.74) is -0.416. The minimum atomic E-state index is -1.19. The summed E-state index contributed by atoms with van der Waals surface area (Å²) in [5, 5.41) is 21.5. The summed E-state index contributed by atoms with van der Waals surface area (Å²) in [6.07, 6.45) is 0. The predicted octanol–water partition coefficient (Wildman–Crippen LogP) is 3.87. The fourth-order valence-corrected chi connectivity index (χ4v) is 2.81. The maximum absolute atomic E-state index is 10.7. The van der Waals surface area contributed by atoms with E-state index in [1.165, 1.54) is 0 Å². The van der Waals surface area contributed by atoms with Crippen LogP contribution in [-0.2, 0) is 12.1 Å². The number of rotatable bonds is 7. The van der Waals surface area contributed by atoms with E-state index in [1.807, 2.05) is 32.0 Å². The third-order valence-corrected chi connectivity index (χ3v) is 4.37. The molecular formula is C20H25ClIN5O3. The van der Waals surface area contributed by atoms with E-state index in [9.17, 15) is 5.11 Å². The Morgan fingerprint density at radius 2 is 2.07 bits per heavy atom. The molecule has 0 saturated heterocycles. The summed E-state index contributed by atoms with van der Waals surface area (Å²) in [4.78, 5) is 8.79.